The van der Waals surface area contributed by atoms with Gasteiger partial charge in [0.05, 0.1) is 12.1 Å². The van der Waals surface area contributed by atoms with Gasteiger partial charge in [-0.15, -0.1) is 0 Å². The second-order valence-electron chi connectivity index (χ2n) is 7.58. The van der Waals surface area contributed by atoms with Gasteiger partial charge in [0.2, 0.25) is 0 Å². The van der Waals surface area contributed by atoms with Crippen molar-refractivity contribution in [3.05, 3.63) is 83.2 Å². The first-order valence-electron chi connectivity index (χ1n) is 11.3. The average molecular weight is 415 g/mol. The largest absolute Gasteiger partial charge is 0.373 e. The highest BCUT2D eigenvalue weighted by Crippen LogP contribution is 2.26. The summed E-state index contributed by atoms with van der Waals surface area (Å²) in [5.41, 5.74) is 6.42. The minimum absolute atomic E-state index is 0.628. The summed E-state index contributed by atoms with van der Waals surface area (Å²) in [7, 11) is 1.90. The predicted molar refractivity (Wildman–Crippen MR) is 133 cm³/mol. The van der Waals surface area contributed by atoms with Crippen molar-refractivity contribution in [3.63, 3.8) is 0 Å². The predicted octanol–water partition coefficient (Wildman–Crippen LogP) is 6.50. The van der Waals surface area contributed by atoms with Crippen LogP contribution in [0.15, 0.2) is 66.3 Å². The van der Waals surface area contributed by atoms with E-state index < -0.39 is 0 Å². The third-order valence-electron chi connectivity index (χ3n) is 5.48. The van der Waals surface area contributed by atoms with Crippen LogP contribution in [0, 0.1) is 0 Å². The summed E-state index contributed by atoms with van der Waals surface area (Å²) in [6.45, 7) is 8.07. The average Bonchev–Trinajstić information content (AvgIpc) is 2.82. The van der Waals surface area contributed by atoms with Crippen LogP contribution >= 0.6 is 0 Å². The molecule has 2 aromatic carbocycles. The van der Waals surface area contributed by atoms with Gasteiger partial charge in [-0.3, -0.25) is 0 Å². The molecule has 4 heteroatoms. The molecule has 0 aliphatic heterocycles. The summed E-state index contributed by atoms with van der Waals surface area (Å²) in [6.07, 6.45) is 7.71. The van der Waals surface area contributed by atoms with Crippen molar-refractivity contribution in [3.8, 4) is 0 Å². The van der Waals surface area contributed by atoms with E-state index in [2.05, 4.69) is 72.8 Å². The molecule has 0 aliphatic carbocycles. The molecule has 4 nitrogen and oxygen atoms in total. The van der Waals surface area contributed by atoms with Gasteiger partial charge >= 0.3 is 0 Å². The van der Waals surface area contributed by atoms with Crippen LogP contribution in [0.5, 0.6) is 0 Å². The molecule has 3 rings (SSSR count). The number of allylic oxidation sites excluding steroid dienone is 4. The van der Waals surface area contributed by atoms with Gasteiger partial charge in [0.1, 0.15) is 11.6 Å². The molecule has 0 radical (unpaired) electrons. The number of aromatic nitrogens is 2. The van der Waals surface area contributed by atoms with Gasteiger partial charge in [0.15, 0.2) is 0 Å². The molecule has 0 saturated carbocycles. The molecule has 0 bridgehead atoms. The van der Waals surface area contributed by atoms with Crippen molar-refractivity contribution in [2.24, 2.45) is 0 Å². The normalized spacial score (nSPS) is 12.4. The zero-order valence-electron chi connectivity index (χ0n) is 19.2. The second kappa shape index (κ2) is 11.4. The number of para-hydroxylation sites is 1. The zero-order valence-corrected chi connectivity index (χ0v) is 19.2. The van der Waals surface area contributed by atoms with Gasteiger partial charge in [0, 0.05) is 19.0 Å². The molecule has 3 aromatic rings. The number of hydrogen-bond donors (Lipinski definition) is 2. The van der Waals surface area contributed by atoms with Gasteiger partial charge in [0.25, 0.3) is 0 Å². The Balaban J connectivity index is 1.68. The highest BCUT2D eigenvalue weighted by Gasteiger charge is 2.07. The molecule has 0 aliphatic rings. The minimum Gasteiger partial charge on any atom is -0.373 e. The number of hydrogen-bond acceptors (Lipinski definition) is 4. The fraction of sp³-hybridized carbons (Fsp3) is 0.333. The number of benzene rings is 2. The Hall–Kier alpha value is -2.98. The minimum atomic E-state index is 0.628. The molecule has 0 atom stereocenters. The molecule has 0 amide bonds. The Kier molecular flexibility index (Phi) is 8.36. The third-order valence-corrected chi connectivity index (χ3v) is 5.48. The molecule has 1 heterocycles. The highest BCUT2D eigenvalue weighted by molar-refractivity contribution is 5.88. The lowest BCUT2D eigenvalue weighted by atomic mass is 9.95. The van der Waals surface area contributed by atoms with Crippen molar-refractivity contribution in [1.29, 1.82) is 0 Å². The molecular weight excluding hydrogens is 380 g/mol. The first-order valence-corrected chi connectivity index (χ1v) is 11.3. The summed E-state index contributed by atoms with van der Waals surface area (Å²) in [4.78, 5) is 9.35. The van der Waals surface area contributed by atoms with E-state index in [0.717, 1.165) is 48.4 Å². The Labute approximate surface area is 186 Å². The standard InChI is InChI=1S/C27H34N4/c1-5-8-11-21(6-2)23(7-3)22-16-14-20(15-17-22)18-29-19-26-30-25-13-10-9-12-24(25)27(28-4)31-26/h8-17,29H,5-7,18-19H2,1-4H3,(H,28,30,31)/b11-8-,23-21+. The smallest absolute Gasteiger partial charge is 0.145 e. The Morgan fingerprint density at radius 3 is 2.35 bits per heavy atom. The van der Waals surface area contributed by atoms with E-state index in [4.69, 9.17) is 4.98 Å². The van der Waals surface area contributed by atoms with Crippen LogP contribution in [-0.2, 0) is 13.1 Å². The molecule has 0 saturated heterocycles. The van der Waals surface area contributed by atoms with E-state index in [1.54, 1.807) is 0 Å². The van der Waals surface area contributed by atoms with E-state index in [9.17, 15) is 0 Å². The lowest BCUT2D eigenvalue weighted by Gasteiger charge is -2.12. The van der Waals surface area contributed by atoms with Crippen LogP contribution in [0.25, 0.3) is 16.5 Å². The van der Waals surface area contributed by atoms with E-state index in [-0.39, 0.29) is 0 Å². The topological polar surface area (TPSA) is 49.8 Å². The second-order valence-corrected chi connectivity index (χ2v) is 7.58. The maximum atomic E-state index is 4.69. The molecule has 0 unspecified atom stereocenters. The van der Waals surface area contributed by atoms with Crippen LogP contribution in [0.1, 0.15) is 57.0 Å². The van der Waals surface area contributed by atoms with Crippen molar-refractivity contribution in [2.75, 3.05) is 12.4 Å². The third kappa shape index (κ3) is 5.80. The summed E-state index contributed by atoms with van der Waals surface area (Å²) in [6, 6.07) is 17.0. The summed E-state index contributed by atoms with van der Waals surface area (Å²) in [5, 5.41) is 7.71. The van der Waals surface area contributed by atoms with Crippen LogP contribution in [-0.4, -0.2) is 17.0 Å². The van der Waals surface area contributed by atoms with Crippen LogP contribution in [0.3, 0.4) is 0 Å². The number of fused-ring (bicyclic) bond motifs is 1. The first-order chi connectivity index (χ1) is 15.2. The number of nitrogens with zero attached hydrogens (tertiary/aromatic N) is 2. The Morgan fingerprint density at radius 2 is 1.68 bits per heavy atom. The molecule has 2 N–H and O–H groups in total. The Bertz CT molecular complexity index is 1050. The molecule has 0 spiro atoms. The number of anilines is 1. The quantitative estimate of drug-likeness (QED) is 0.372. The van der Waals surface area contributed by atoms with Gasteiger partial charge in [-0.25, -0.2) is 9.97 Å². The molecule has 31 heavy (non-hydrogen) atoms. The van der Waals surface area contributed by atoms with E-state index in [0.29, 0.717) is 6.54 Å². The number of nitrogens with one attached hydrogen (secondary N) is 2. The molecule has 162 valence electrons. The van der Waals surface area contributed by atoms with Crippen molar-refractivity contribution in [1.82, 2.24) is 15.3 Å². The maximum absolute atomic E-state index is 4.69. The van der Waals surface area contributed by atoms with Crippen LogP contribution < -0.4 is 10.6 Å². The first kappa shape index (κ1) is 22.7. The lowest BCUT2D eigenvalue weighted by Crippen LogP contribution is -2.15. The van der Waals surface area contributed by atoms with Gasteiger partial charge in [-0.05, 0) is 53.7 Å². The zero-order chi connectivity index (χ0) is 22.1. The van der Waals surface area contributed by atoms with Crippen molar-refractivity contribution in [2.45, 2.75) is 53.1 Å². The summed E-state index contributed by atoms with van der Waals surface area (Å²) >= 11 is 0. The maximum Gasteiger partial charge on any atom is 0.145 e. The van der Waals surface area contributed by atoms with Crippen LogP contribution in [0.4, 0.5) is 5.82 Å². The molecule has 0 fully saturated rings. The number of rotatable bonds is 10. The van der Waals surface area contributed by atoms with E-state index in [1.165, 1.54) is 22.3 Å². The molecular formula is C27H34N4. The monoisotopic (exact) mass is 414 g/mol. The Morgan fingerprint density at radius 1 is 0.903 bits per heavy atom. The van der Waals surface area contributed by atoms with Crippen molar-refractivity contribution >= 4 is 22.3 Å². The fourth-order valence-electron chi connectivity index (χ4n) is 3.85. The van der Waals surface area contributed by atoms with E-state index >= 15 is 0 Å². The summed E-state index contributed by atoms with van der Waals surface area (Å²) < 4.78 is 0. The van der Waals surface area contributed by atoms with E-state index in [1.807, 2.05) is 31.3 Å². The summed E-state index contributed by atoms with van der Waals surface area (Å²) in [5.74, 6) is 1.67. The lowest BCUT2D eigenvalue weighted by molar-refractivity contribution is 0.666. The van der Waals surface area contributed by atoms with Crippen molar-refractivity contribution < 1.29 is 0 Å². The molecule has 1 aromatic heterocycles. The fourth-order valence-corrected chi connectivity index (χ4v) is 3.85. The van der Waals surface area contributed by atoms with Gasteiger partial charge in [-0.2, -0.15) is 0 Å². The van der Waals surface area contributed by atoms with Gasteiger partial charge in [-0.1, -0.05) is 69.3 Å². The highest BCUT2D eigenvalue weighted by atomic mass is 15.0. The van der Waals surface area contributed by atoms with Crippen LogP contribution in [0.2, 0.25) is 0 Å². The SMILES string of the molecule is CC/C=C\C(CC)=C(/CC)c1ccc(CNCc2nc(NC)c3ccccc3n2)cc1. The van der Waals surface area contributed by atoms with Gasteiger partial charge < -0.3 is 10.6 Å².